The molecule has 2 aliphatic heterocycles. The molecule has 0 saturated carbocycles. The molecule has 0 radical (unpaired) electrons. The Labute approximate surface area is 200 Å². The molecular weight excluding hydrogens is 458 g/mol. The zero-order valence-electron chi connectivity index (χ0n) is 19.9. The maximum atomic E-state index is 12.0. The molecule has 1 aromatic carbocycles. The van der Waals surface area contributed by atoms with E-state index >= 15 is 0 Å². The van der Waals surface area contributed by atoms with E-state index in [9.17, 15) is 18.3 Å². The molecule has 0 aliphatic carbocycles. The van der Waals surface area contributed by atoms with Gasteiger partial charge in [-0.3, -0.25) is 9.58 Å². The van der Waals surface area contributed by atoms with Gasteiger partial charge in [-0.2, -0.15) is 5.10 Å². The van der Waals surface area contributed by atoms with Crippen LogP contribution in [0.5, 0.6) is 5.75 Å². The third kappa shape index (κ3) is 5.06. The molecule has 2 aliphatic rings. The van der Waals surface area contributed by atoms with Crippen LogP contribution >= 0.6 is 0 Å². The van der Waals surface area contributed by atoms with Gasteiger partial charge in [-0.15, -0.1) is 0 Å². The SMILES string of the molecule is C[C@H]1CCc2c(ccc(-c3cnn(C4CCNCC4)c3)c2OCCN(C)S(C)(=O)=O)N1C(=O)O. The minimum atomic E-state index is -3.32. The number of benzene rings is 1. The van der Waals surface area contributed by atoms with Crippen molar-refractivity contribution < 1.29 is 23.1 Å². The molecule has 11 heteroatoms. The van der Waals surface area contributed by atoms with Crippen LogP contribution in [0.25, 0.3) is 11.1 Å². The number of hydrogen-bond acceptors (Lipinski definition) is 6. The summed E-state index contributed by atoms with van der Waals surface area (Å²) in [7, 11) is -1.81. The molecule has 0 bridgehead atoms. The lowest BCUT2D eigenvalue weighted by Gasteiger charge is -2.34. The molecule has 1 atom stereocenters. The first kappa shape index (κ1) is 24.5. The molecule has 4 rings (SSSR count). The van der Waals surface area contributed by atoms with Gasteiger partial charge in [0.15, 0.2) is 0 Å². The number of piperidine rings is 1. The molecule has 34 heavy (non-hydrogen) atoms. The van der Waals surface area contributed by atoms with Crippen LogP contribution in [0, 0.1) is 0 Å². The molecule has 10 nitrogen and oxygen atoms in total. The minimum absolute atomic E-state index is 0.136. The van der Waals surface area contributed by atoms with Gasteiger partial charge >= 0.3 is 6.09 Å². The maximum Gasteiger partial charge on any atom is 0.412 e. The van der Waals surface area contributed by atoms with Gasteiger partial charge < -0.3 is 15.2 Å². The highest BCUT2D eigenvalue weighted by Gasteiger charge is 2.31. The van der Waals surface area contributed by atoms with Crippen molar-refractivity contribution in [2.24, 2.45) is 0 Å². The van der Waals surface area contributed by atoms with E-state index in [2.05, 4.69) is 10.4 Å². The van der Waals surface area contributed by atoms with Crippen LogP contribution in [0.1, 0.15) is 37.8 Å². The van der Waals surface area contributed by atoms with Gasteiger partial charge in [-0.1, -0.05) is 0 Å². The van der Waals surface area contributed by atoms with Gasteiger partial charge in [0, 0.05) is 42.5 Å². The first-order valence-corrected chi connectivity index (χ1v) is 13.5. The fourth-order valence-corrected chi connectivity index (χ4v) is 5.08. The Hall–Kier alpha value is -2.63. The van der Waals surface area contributed by atoms with Crippen molar-refractivity contribution in [1.29, 1.82) is 0 Å². The standard InChI is InChI=1S/C23H33N5O5S/c1-16-4-5-20-21(28(16)23(29)30)7-6-19(22(20)33-13-12-26(2)34(3,31)32)17-14-25-27(15-17)18-8-10-24-11-9-18/h6-7,14-16,18,24H,4-5,8-13H2,1-3H3,(H,29,30)/t16-/m0/s1. The van der Waals surface area contributed by atoms with Crippen molar-refractivity contribution in [1.82, 2.24) is 19.4 Å². The van der Waals surface area contributed by atoms with Crippen molar-refractivity contribution in [3.05, 3.63) is 30.1 Å². The second-order valence-corrected chi connectivity index (χ2v) is 11.2. The fourth-order valence-electron chi connectivity index (χ4n) is 4.68. The molecule has 186 valence electrons. The van der Waals surface area contributed by atoms with Crippen LogP contribution in [-0.2, 0) is 16.4 Å². The Balaban J connectivity index is 1.70. The van der Waals surface area contributed by atoms with E-state index in [-0.39, 0.29) is 19.2 Å². The number of nitrogens with one attached hydrogen (secondary N) is 1. The van der Waals surface area contributed by atoms with Crippen molar-refractivity contribution in [2.45, 2.75) is 44.7 Å². The molecule has 1 amide bonds. The number of nitrogens with zero attached hydrogens (tertiary/aromatic N) is 4. The van der Waals surface area contributed by atoms with Crippen LogP contribution in [0.15, 0.2) is 24.5 Å². The van der Waals surface area contributed by atoms with E-state index in [1.165, 1.54) is 16.3 Å². The lowest BCUT2D eigenvalue weighted by atomic mass is 9.92. The molecule has 1 fully saturated rings. The number of sulfonamides is 1. The maximum absolute atomic E-state index is 12.0. The first-order chi connectivity index (χ1) is 16.2. The number of likely N-dealkylation sites (N-methyl/N-ethyl adjacent to an activating group) is 1. The summed E-state index contributed by atoms with van der Waals surface area (Å²) in [6.07, 6.45) is 7.38. The highest BCUT2D eigenvalue weighted by molar-refractivity contribution is 7.88. The topological polar surface area (TPSA) is 117 Å². The molecule has 0 unspecified atom stereocenters. The average molecular weight is 492 g/mol. The van der Waals surface area contributed by atoms with E-state index in [0.717, 1.165) is 48.9 Å². The molecule has 1 aromatic heterocycles. The third-order valence-corrected chi connectivity index (χ3v) is 8.08. The van der Waals surface area contributed by atoms with Crippen LogP contribution in [-0.4, -0.2) is 79.3 Å². The lowest BCUT2D eigenvalue weighted by molar-refractivity contribution is 0.198. The van der Waals surface area contributed by atoms with Crippen molar-refractivity contribution in [3.63, 3.8) is 0 Å². The second kappa shape index (κ2) is 9.93. The summed E-state index contributed by atoms with van der Waals surface area (Å²) in [5.74, 6) is 0.599. The van der Waals surface area contributed by atoms with Gasteiger partial charge in [0.1, 0.15) is 12.4 Å². The summed E-state index contributed by atoms with van der Waals surface area (Å²) < 4.78 is 33.0. The number of carboxylic acid groups (broad SMARTS) is 1. The lowest BCUT2D eigenvalue weighted by Crippen LogP contribution is -2.41. The number of amides is 1. The molecule has 2 aromatic rings. The number of aromatic nitrogens is 2. The Morgan fingerprint density at radius 3 is 2.71 bits per heavy atom. The largest absolute Gasteiger partial charge is 0.491 e. The van der Waals surface area contributed by atoms with Crippen LogP contribution < -0.4 is 15.0 Å². The van der Waals surface area contributed by atoms with Crippen molar-refractivity contribution >= 4 is 21.8 Å². The minimum Gasteiger partial charge on any atom is -0.491 e. The molecule has 3 heterocycles. The summed E-state index contributed by atoms with van der Waals surface area (Å²) in [5.41, 5.74) is 3.18. The number of hydrogen-bond donors (Lipinski definition) is 2. The summed E-state index contributed by atoms with van der Waals surface area (Å²) in [6, 6.07) is 3.92. The van der Waals surface area contributed by atoms with Gasteiger partial charge in [0.2, 0.25) is 10.0 Å². The first-order valence-electron chi connectivity index (χ1n) is 11.6. The summed E-state index contributed by atoms with van der Waals surface area (Å²) in [4.78, 5) is 13.4. The van der Waals surface area contributed by atoms with E-state index in [4.69, 9.17) is 4.74 Å². The number of anilines is 1. The molecule has 2 N–H and O–H groups in total. The van der Waals surface area contributed by atoms with Gasteiger partial charge in [-0.05, 0) is 57.8 Å². The Morgan fingerprint density at radius 2 is 2.03 bits per heavy atom. The highest BCUT2D eigenvalue weighted by Crippen LogP contribution is 2.43. The van der Waals surface area contributed by atoms with E-state index in [0.29, 0.717) is 30.3 Å². The number of ether oxygens (including phenoxy) is 1. The fraction of sp³-hybridized carbons (Fsp3) is 0.565. The van der Waals surface area contributed by atoms with Crippen molar-refractivity contribution in [2.75, 3.05) is 44.4 Å². The number of carbonyl (C=O) groups is 1. The third-order valence-electron chi connectivity index (χ3n) is 6.77. The number of fused-ring (bicyclic) bond motifs is 1. The summed E-state index contributed by atoms with van der Waals surface area (Å²) >= 11 is 0. The smallest absolute Gasteiger partial charge is 0.412 e. The van der Waals surface area contributed by atoms with Gasteiger partial charge in [-0.25, -0.2) is 17.5 Å². The number of rotatable bonds is 7. The average Bonchev–Trinajstić information content (AvgIpc) is 3.28. The van der Waals surface area contributed by atoms with Crippen molar-refractivity contribution in [3.8, 4) is 16.9 Å². The normalized spacial score (nSPS) is 19.3. The van der Waals surface area contributed by atoms with Gasteiger partial charge in [0.25, 0.3) is 0 Å². The monoisotopic (exact) mass is 491 g/mol. The zero-order chi connectivity index (χ0) is 24.5. The quantitative estimate of drug-likeness (QED) is 0.611. The molecule has 0 spiro atoms. The predicted molar refractivity (Wildman–Crippen MR) is 130 cm³/mol. The molecular formula is C23H33N5O5S. The zero-order valence-corrected chi connectivity index (χ0v) is 20.7. The van der Waals surface area contributed by atoms with Crippen LogP contribution in [0.3, 0.4) is 0 Å². The highest BCUT2D eigenvalue weighted by atomic mass is 32.2. The van der Waals surface area contributed by atoms with E-state index in [1.54, 1.807) is 0 Å². The Kier molecular flexibility index (Phi) is 7.15. The van der Waals surface area contributed by atoms with Gasteiger partial charge in [0.05, 0.1) is 24.2 Å². The van der Waals surface area contributed by atoms with Crippen LogP contribution in [0.4, 0.5) is 10.5 Å². The summed E-state index contributed by atoms with van der Waals surface area (Å²) in [6.45, 7) is 4.16. The summed E-state index contributed by atoms with van der Waals surface area (Å²) in [5, 5.41) is 17.8. The van der Waals surface area contributed by atoms with Crippen LogP contribution in [0.2, 0.25) is 0 Å². The van der Waals surface area contributed by atoms with E-state index < -0.39 is 16.1 Å². The van der Waals surface area contributed by atoms with E-state index in [1.807, 2.05) is 36.1 Å². The predicted octanol–water partition coefficient (Wildman–Crippen LogP) is 2.56. The molecule has 1 saturated heterocycles. The Morgan fingerprint density at radius 1 is 1.29 bits per heavy atom. The Bertz CT molecular complexity index is 1140. The second-order valence-electron chi connectivity index (χ2n) is 9.10.